The summed E-state index contributed by atoms with van der Waals surface area (Å²) in [7, 11) is 4.67. The maximum absolute atomic E-state index is 12.3. The molecule has 0 spiro atoms. The van der Waals surface area contributed by atoms with Crippen LogP contribution in [0.3, 0.4) is 0 Å². The van der Waals surface area contributed by atoms with Crippen LogP contribution in [0.25, 0.3) is 0 Å². The molecule has 1 aromatic rings. The van der Waals surface area contributed by atoms with Crippen LogP contribution in [0, 0.1) is 0 Å². The second-order valence-electron chi connectivity index (χ2n) is 7.15. The number of carbonyl (C=O) groups is 2. The van der Waals surface area contributed by atoms with E-state index in [0.29, 0.717) is 18.3 Å². The quantitative estimate of drug-likeness (QED) is 0.666. The molecule has 0 saturated carbocycles. The number of hydrogen-bond donors (Lipinski definition) is 0. The summed E-state index contributed by atoms with van der Waals surface area (Å²) in [4.78, 5) is 28.3. The number of methoxy groups -OCH3 is 2. The summed E-state index contributed by atoms with van der Waals surface area (Å²) in [5, 5.41) is 0. The lowest BCUT2D eigenvalue weighted by atomic mass is 10.0. The second-order valence-corrected chi connectivity index (χ2v) is 7.15. The number of nitrogens with zero attached hydrogens (tertiary/aromatic N) is 2. The van der Waals surface area contributed by atoms with Gasteiger partial charge in [-0.3, -0.25) is 0 Å². The molecule has 1 aromatic carbocycles. The topological polar surface area (TPSA) is 77.5 Å². The highest BCUT2D eigenvalue weighted by Gasteiger charge is 2.32. The number of rotatable bonds is 6. The normalized spacial score (nSPS) is 20.4. The van der Waals surface area contributed by atoms with Crippen LogP contribution < -0.4 is 9.64 Å². The number of likely N-dealkylation sites (N-methyl/N-ethyl adjacent to an activating group) is 1. The van der Waals surface area contributed by atoms with Gasteiger partial charge in [-0.25, -0.2) is 9.59 Å². The van der Waals surface area contributed by atoms with Crippen LogP contribution in [0.1, 0.15) is 19.3 Å². The minimum atomic E-state index is -0.619. The van der Waals surface area contributed by atoms with Crippen LogP contribution in [0.5, 0.6) is 5.75 Å². The maximum Gasteiger partial charge on any atom is 0.355 e. The molecule has 158 valence electrons. The lowest BCUT2D eigenvalue weighted by Gasteiger charge is -2.32. The van der Waals surface area contributed by atoms with E-state index in [1.165, 1.54) is 27.1 Å². The molecule has 1 fully saturated rings. The molecule has 8 nitrogen and oxygen atoms in total. The number of esters is 2. The fourth-order valence-corrected chi connectivity index (χ4v) is 3.62. The molecule has 1 unspecified atom stereocenters. The van der Waals surface area contributed by atoms with Crippen molar-refractivity contribution >= 4 is 17.6 Å². The second kappa shape index (κ2) is 9.76. The summed E-state index contributed by atoms with van der Waals surface area (Å²) < 4.78 is 21.1. The Morgan fingerprint density at radius 1 is 1.10 bits per heavy atom. The molecule has 0 bridgehead atoms. The molecule has 0 N–H and O–H groups in total. The number of ether oxygens (including phenoxy) is 4. The highest BCUT2D eigenvalue weighted by Crippen LogP contribution is 2.28. The van der Waals surface area contributed by atoms with Gasteiger partial charge in [-0.2, -0.15) is 0 Å². The van der Waals surface area contributed by atoms with Crippen molar-refractivity contribution in [2.75, 3.05) is 52.7 Å². The monoisotopic (exact) mass is 404 g/mol. The van der Waals surface area contributed by atoms with E-state index in [1.54, 1.807) is 4.90 Å². The van der Waals surface area contributed by atoms with E-state index in [1.807, 2.05) is 24.3 Å². The SMILES string of the molecule is COC(=O)C1=C(C(=O)OC)N(c2ccc(OCC3CCCCN3C)cc2)COC1. The largest absolute Gasteiger partial charge is 0.492 e. The van der Waals surface area contributed by atoms with Crippen LogP contribution in [0.4, 0.5) is 5.69 Å². The number of anilines is 1. The minimum Gasteiger partial charge on any atom is -0.492 e. The predicted octanol–water partition coefficient (Wildman–Crippen LogP) is 1.94. The van der Waals surface area contributed by atoms with Gasteiger partial charge in [0.05, 0.1) is 26.4 Å². The predicted molar refractivity (Wildman–Crippen MR) is 107 cm³/mol. The van der Waals surface area contributed by atoms with Crippen molar-refractivity contribution in [1.82, 2.24) is 4.90 Å². The van der Waals surface area contributed by atoms with Gasteiger partial charge in [0, 0.05) is 11.7 Å². The van der Waals surface area contributed by atoms with E-state index in [9.17, 15) is 9.59 Å². The minimum absolute atomic E-state index is 0.0102. The van der Waals surface area contributed by atoms with Crippen molar-refractivity contribution < 1.29 is 28.5 Å². The molecular weight excluding hydrogens is 376 g/mol. The average molecular weight is 404 g/mol. The molecular formula is C21H28N2O6. The summed E-state index contributed by atoms with van der Waals surface area (Å²) in [6, 6.07) is 7.77. The molecule has 2 aliphatic heterocycles. The van der Waals surface area contributed by atoms with Gasteiger partial charge in [0.2, 0.25) is 0 Å². The number of piperidine rings is 1. The Hall–Kier alpha value is -2.58. The van der Waals surface area contributed by atoms with Gasteiger partial charge in [-0.05, 0) is 50.7 Å². The van der Waals surface area contributed by atoms with E-state index < -0.39 is 11.9 Å². The molecule has 1 saturated heterocycles. The Balaban J connectivity index is 1.75. The van der Waals surface area contributed by atoms with Gasteiger partial charge in [-0.1, -0.05) is 6.42 Å². The first-order valence-electron chi connectivity index (χ1n) is 9.73. The first kappa shape index (κ1) is 21.1. The number of likely N-dealkylation sites (tertiary alicyclic amines) is 1. The van der Waals surface area contributed by atoms with Gasteiger partial charge in [0.25, 0.3) is 0 Å². The zero-order valence-corrected chi connectivity index (χ0v) is 17.2. The van der Waals surface area contributed by atoms with Crippen LogP contribution >= 0.6 is 0 Å². The molecule has 0 aliphatic carbocycles. The standard InChI is InChI=1S/C21H28N2O6/c1-22-11-5-4-6-16(22)12-29-17-9-7-15(8-10-17)23-14-28-13-18(20(24)26-2)19(23)21(25)27-3/h7-10,16H,4-6,11-14H2,1-3H3. The van der Waals surface area contributed by atoms with Crippen molar-refractivity contribution in [1.29, 1.82) is 0 Å². The zero-order valence-electron chi connectivity index (χ0n) is 17.2. The van der Waals surface area contributed by atoms with E-state index in [2.05, 4.69) is 11.9 Å². The van der Waals surface area contributed by atoms with E-state index >= 15 is 0 Å². The molecule has 2 heterocycles. The van der Waals surface area contributed by atoms with Crippen molar-refractivity contribution in [2.24, 2.45) is 0 Å². The molecule has 3 rings (SSSR count). The Morgan fingerprint density at radius 2 is 1.83 bits per heavy atom. The number of hydrogen-bond acceptors (Lipinski definition) is 8. The Labute approximate surface area is 171 Å². The Morgan fingerprint density at radius 3 is 2.48 bits per heavy atom. The van der Waals surface area contributed by atoms with E-state index in [4.69, 9.17) is 18.9 Å². The zero-order chi connectivity index (χ0) is 20.8. The molecule has 0 amide bonds. The summed E-state index contributed by atoms with van der Waals surface area (Å²) >= 11 is 0. The first-order valence-corrected chi connectivity index (χ1v) is 9.73. The lowest BCUT2D eigenvalue weighted by Crippen LogP contribution is -2.40. The summed E-state index contributed by atoms with van der Waals surface area (Å²) in [5.41, 5.74) is 0.947. The third kappa shape index (κ3) is 4.89. The van der Waals surface area contributed by atoms with Gasteiger partial charge in [0.15, 0.2) is 0 Å². The number of benzene rings is 1. The summed E-state index contributed by atoms with van der Waals surface area (Å²) in [6.07, 6.45) is 3.62. The molecule has 2 aliphatic rings. The van der Waals surface area contributed by atoms with Gasteiger partial charge in [-0.15, -0.1) is 0 Å². The van der Waals surface area contributed by atoms with Gasteiger partial charge < -0.3 is 28.7 Å². The highest BCUT2D eigenvalue weighted by molar-refractivity contribution is 6.03. The summed E-state index contributed by atoms with van der Waals surface area (Å²) in [5.74, 6) is -0.483. The molecule has 0 radical (unpaired) electrons. The lowest BCUT2D eigenvalue weighted by molar-refractivity contribution is -0.140. The Kier molecular flexibility index (Phi) is 7.11. The first-order chi connectivity index (χ1) is 14.0. The molecule has 8 heteroatoms. The van der Waals surface area contributed by atoms with Crippen LogP contribution in [-0.4, -0.2) is 70.6 Å². The van der Waals surface area contributed by atoms with Crippen molar-refractivity contribution in [3.05, 3.63) is 35.5 Å². The third-order valence-corrected chi connectivity index (χ3v) is 5.35. The maximum atomic E-state index is 12.3. The third-order valence-electron chi connectivity index (χ3n) is 5.35. The molecule has 1 atom stereocenters. The molecule has 0 aromatic heterocycles. The molecule has 29 heavy (non-hydrogen) atoms. The smallest absolute Gasteiger partial charge is 0.355 e. The van der Waals surface area contributed by atoms with Gasteiger partial charge >= 0.3 is 11.9 Å². The van der Waals surface area contributed by atoms with Crippen molar-refractivity contribution in [3.8, 4) is 5.75 Å². The number of carbonyl (C=O) groups excluding carboxylic acids is 2. The van der Waals surface area contributed by atoms with Crippen LogP contribution in [0.2, 0.25) is 0 Å². The van der Waals surface area contributed by atoms with Gasteiger partial charge in [0.1, 0.15) is 24.8 Å². The fraction of sp³-hybridized carbons (Fsp3) is 0.524. The van der Waals surface area contributed by atoms with E-state index in [-0.39, 0.29) is 24.6 Å². The summed E-state index contributed by atoms with van der Waals surface area (Å²) in [6.45, 7) is 1.86. The van der Waals surface area contributed by atoms with E-state index in [0.717, 1.165) is 18.7 Å². The van der Waals surface area contributed by atoms with Crippen LogP contribution in [0.15, 0.2) is 35.5 Å². The van der Waals surface area contributed by atoms with Crippen molar-refractivity contribution in [2.45, 2.75) is 25.3 Å². The average Bonchev–Trinajstić information content (AvgIpc) is 2.77. The van der Waals surface area contributed by atoms with Crippen LogP contribution in [-0.2, 0) is 23.8 Å². The van der Waals surface area contributed by atoms with Crippen molar-refractivity contribution in [3.63, 3.8) is 0 Å². The Bertz CT molecular complexity index is 761. The fourth-order valence-electron chi connectivity index (χ4n) is 3.62. The highest BCUT2D eigenvalue weighted by atomic mass is 16.5.